The van der Waals surface area contributed by atoms with E-state index in [1.807, 2.05) is 25.3 Å². The largest absolute Gasteiger partial charge is 0.350 e. The van der Waals surface area contributed by atoms with Crippen molar-refractivity contribution < 1.29 is 0 Å². The van der Waals surface area contributed by atoms with Crippen LogP contribution in [0.1, 0.15) is 49.9 Å². The summed E-state index contributed by atoms with van der Waals surface area (Å²) >= 11 is 0. The Morgan fingerprint density at radius 2 is 1.67 bits per heavy atom. The summed E-state index contributed by atoms with van der Waals surface area (Å²) in [5, 5.41) is 3.40. The zero-order chi connectivity index (χ0) is 27.2. The lowest BCUT2D eigenvalue weighted by Crippen LogP contribution is -2.04. The van der Waals surface area contributed by atoms with Gasteiger partial charge >= 0.3 is 0 Å². The molecule has 5 rings (SSSR count). The highest BCUT2D eigenvalue weighted by atomic mass is 15.1. The fourth-order valence-corrected chi connectivity index (χ4v) is 4.66. The van der Waals surface area contributed by atoms with Gasteiger partial charge in [-0.05, 0) is 74.1 Å². The van der Waals surface area contributed by atoms with Crippen molar-refractivity contribution in [2.75, 3.05) is 5.32 Å². The molecule has 3 heterocycles. The molecule has 0 amide bonds. The highest BCUT2D eigenvalue weighted by Gasteiger charge is 2.18. The standard InChI is InChI=1S/C34H35N5/c1-5-8-26-13-15-29(16-14-26)32-33(39-20-18-28(21-24(4)6-2)22-31(39)38-32)30-17-19-35-34(37-30)36-23-27-11-9-25(7-3)10-12-27/h5-6,8-20,22H,7,21,23H2,1-4H3,(H,35,36,37)/b8-5+,24-6-. The van der Waals surface area contributed by atoms with Gasteiger partial charge in [-0.3, -0.25) is 4.40 Å². The second-order valence-corrected chi connectivity index (χ2v) is 9.80. The molecular formula is C34H35N5. The maximum Gasteiger partial charge on any atom is 0.223 e. The molecule has 0 aliphatic heterocycles. The zero-order valence-electron chi connectivity index (χ0n) is 23.1. The van der Waals surface area contributed by atoms with Crippen LogP contribution >= 0.6 is 0 Å². The molecule has 3 aromatic heterocycles. The van der Waals surface area contributed by atoms with Gasteiger partial charge in [0.1, 0.15) is 5.65 Å². The number of anilines is 1. The monoisotopic (exact) mass is 513 g/mol. The van der Waals surface area contributed by atoms with E-state index in [1.165, 1.54) is 22.3 Å². The molecule has 0 saturated heterocycles. The van der Waals surface area contributed by atoms with Gasteiger partial charge in [0.15, 0.2) is 0 Å². The van der Waals surface area contributed by atoms with Gasteiger partial charge in [0.25, 0.3) is 0 Å². The Labute approximate surface area is 231 Å². The number of hydrogen-bond donors (Lipinski definition) is 1. The van der Waals surface area contributed by atoms with Gasteiger partial charge in [-0.15, -0.1) is 0 Å². The minimum atomic E-state index is 0.594. The molecule has 0 radical (unpaired) electrons. The predicted octanol–water partition coefficient (Wildman–Crippen LogP) is 8.17. The Hall–Kier alpha value is -4.51. The Morgan fingerprint density at radius 3 is 2.38 bits per heavy atom. The minimum Gasteiger partial charge on any atom is -0.350 e. The number of nitrogens with one attached hydrogen (secondary N) is 1. The Kier molecular flexibility index (Phi) is 7.97. The summed E-state index contributed by atoms with van der Waals surface area (Å²) in [4.78, 5) is 14.5. The third kappa shape index (κ3) is 5.99. The first-order valence-corrected chi connectivity index (χ1v) is 13.6. The van der Waals surface area contributed by atoms with E-state index in [4.69, 9.17) is 9.97 Å². The van der Waals surface area contributed by atoms with Crippen molar-refractivity contribution in [3.05, 3.63) is 119 Å². The van der Waals surface area contributed by atoms with E-state index in [0.29, 0.717) is 12.5 Å². The third-order valence-corrected chi connectivity index (χ3v) is 6.99. The fourth-order valence-electron chi connectivity index (χ4n) is 4.66. The van der Waals surface area contributed by atoms with Crippen LogP contribution in [0.15, 0.2) is 96.8 Å². The van der Waals surface area contributed by atoms with Gasteiger partial charge in [-0.25, -0.2) is 15.0 Å². The predicted molar refractivity (Wildman–Crippen MR) is 163 cm³/mol. The maximum absolute atomic E-state index is 5.11. The van der Waals surface area contributed by atoms with Gasteiger partial charge < -0.3 is 5.32 Å². The molecule has 0 unspecified atom stereocenters. The Bertz CT molecular complexity index is 1620. The molecule has 0 saturated carbocycles. The number of fused-ring (bicyclic) bond motifs is 1. The van der Waals surface area contributed by atoms with E-state index >= 15 is 0 Å². The van der Waals surface area contributed by atoms with Crippen molar-refractivity contribution >= 4 is 17.7 Å². The van der Waals surface area contributed by atoms with E-state index in [1.54, 1.807) is 0 Å². The van der Waals surface area contributed by atoms with E-state index in [-0.39, 0.29) is 0 Å². The van der Waals surface area contributed by atoms with Gasteiger partial charge in [0.2, 0.25) is 5.95 Å². The molecule has 196 valence electrons. The first-order chi connectivity index (χ1) is 19.1. The summed E-state index contributed by atoms with van der Waals surface area (Å²) in [5.41, 5.74) is 10.9. The topological polar surface area (TPSA) is 55.1 Å². The Morgan fingerprint density at radius 1 is 0.897 bits per heavy atom. The first kappa shape index (κ1) is 26.1. The van der Waals surface area contributed by atoms with E-state index < -0.39 is 0 Å². The van der Waals surface area contributed by atoms with Crippen LogP contribution in [0.3, 0.4) is 0 Å². The molecule has 0 fully saturated rings. The fraction of sp³-hybridized carbons (Fsp3) is 0.206. The van der Waals surface area contributed by atoms with Crippen LogP contribution in [0.4, 0.5) is 5.95 Å². The van der Waals surface area contributed by atoms with Gasteiger partial charge in [-0.1, -0.05) is 79.3 Å². The molecule has 0 atom stereocenters. The maximum atomic E-state index is 5.11. The smallest absolute Gasteiger partial charge is 0.223 e. The molecule has 0 bridgehead atoms. The molecule has 1 N–H and O–H groups in total. The molecule has 0 aliphatic rings. The summed E-state index contributed by atoms with van der Waals surface area (Å²) in [7, 11) is 0. The minimum absolute atomic E-state index is 0.594. The third-order valence-electron chi connectivity index (χ3n) is 6.99. The average Bonchev–Trinajstić information content (AvgIpc) is 3.36. The van der Waals surface area contributed by atoms with Crippen LogP contribution in [0.5, 0.6) is 0 Å². The summed E-state index contributed by atoms with van der Waals surface area (Å²) in [6.45, 7) is 9.10. The van der Waals surface area contributed by atoms with Crippen molar-refractivity contribution in [1.29, 1.82) is 0 Å². The van der Waals surface area contributed by atoms with E-state index in [2.05, 4.69) is 114 Å². The first-order valence-electron chi connectivity index (χ1n) is 13.6. The van der Waals surface area contributed by atoms with Crippen LogP contribution in [0.2, 0.25) is 0 Å². The summed E-state index contributed by atoms with van der Waals surface area (Å²) in [6.07, 6.45) is 12.2. The summed E-state index contributed by atoms with van der Waals surface area (Å²) in [5.74, 6) is 0.594. The van der Waals surface area contributed by atoms with Crippen LogP contribution in [-0.2, 0) is 19.4 Å². The molecular weight excluding hydrogens is 478 g/mol. The number of aryl methyl sites for hydroxylation is 1. The van der Waals surface area contributed by atoms with Crippen molar-refractivity contribution in [3.8, 4) is 22.6 Å². The SMILES string of the molecule is C/C=C(/C)Cc1ccn2c(-c3ccnc(NCc4ccc(CC)cc4)n3)c(-c3ccc(/C=C/C)cc3)nc2c1. The molecule has 2 aromatic carbocycles. The van der Waals surface area contributed by atoms with Crippen LogP contribution in [-0.4, -0.2) is 19.4 Å². The molecule has 5 aromatic rings. The van der Waals surface area contributed by atoms with Gasteiger partial charge in [0.05, 0.1) is 17.1 Å². The summed E-state index contributed by atoms with van der Waals surface area (Å²) in [6, 6.07) is 23.5. The number of allylic oxidation sites excluding steroid dienone is 3. The van der Waals surface area contributed by atoms with Crippen LogP contribution in [0, 0.1) is 0 Å². The lowest BCUT2D eigenvalue weighted by Gasteiger charge is -2.09. The molecule has 39 heavy (non-hydrogen) atoms. The number of aromatic nitrogens is 4. The van der Waals surface area contributed by atoms with Crippen molar-refractivity contribution in [3.63, 3.8) is 0 Å². The number of nitrogens with zero attached hydrogens (tertiary/aromatic N) is 4. The van der Waals surface area contributed by atoms with Gasteiger partial charge in [0, 0.05) is 24.5 Å². The second-order valence-electron chi connectivity index (χ2n) is 9.80. The molecule has 0 aliphatic carbocycles. The number of hydrogen-bond acceptors (Lipinski definition) is 4. The van der Waals surface area contributed by atoms with E-state index in [9.17, 15) is 0 Å². The van der Waals surface area contributed by atoms with Crippen molar-refractivity contribution in [1.82, 2.24) is 19.4 Å². The number of imidazole rings is 1. The number of pyridine rings is 1. The molecule has 0 spiro atoms. The summed E-state index contributed by atoms with van der Waals surface area (Å²) < 4.78 is 2.14. The number of rotatable bonds is 9. The normalized spacial score (nSPS) is 11.9. The van der Waals surface area contributed by atoms with Gasteiger partial charge in [-0.2, -0.15) is 0 Å². The zero-order valence-corrected chi connectivity index (χ0v) is 23.1. The Balaban J connectivity index is 1.54. The number of benzene rings is 2. The lowest BCUT2D eigenvalue weighted by molar-refractivity contribution is 1.04. The molecule has 5 nitrogen and oxygen atoms in total. The van der Waals surface area contributed by atoms with E-state index in [0.717, 1.165) is 46.7 Å². The highest BCUT2D eigenvalue weighted by molar-refractivity contribution is 5.81. The highest BCUT2D eigenvalue weighted by Crippen LogP contribution is 2.33. The molecule has 5 heteroatoms. The lowest BCUT2D eigenvalue weighted by atomic mass is 10.1. The van der Waals surface area contributed by atoms with Crippen LogP contribution < -0.4 is 5.32 Å². The van der Waals surface area contributed by atoms with Crippen LogP contribution in [0.25, 0.3) is 34.4 Å². The quantitative estimate of drug-likeness (QED) is 0.202. The van der Waals surface area contributed by atoms with Crippen molar-refractivity contribution in [2.24, 2.45) is 0 Å². The van der Waals surface area contributed by atoms with Crippen molar-refractivity contribution in [2.45, 2.75) is 47.1 Å². The average molecular weight is 514 g/mol. The second kappa shape index (κ2) is 11.9.